The second kappa shape index (κ2) is 12.4. The van der Waals surface area contributed by atoms with Gasteiger partial charge in [-0.15, -0.1) is 0 Å². The number of rotatable bonds is 5. The number of amides is 4. The van der Waals surface area contributed by atoms with Crippen LogP contribution in [0.15, 0.2) is 36.4 Å². The molecule has 1 aliphatic carbocycles. The normalized spacial score (nSPS) is 13.2. The molecule has 0 N–H and O–H groups in total. The summed E-state index contributed by atoms with van der Waals surface area (Å²) >= 11 is 0. The first kappa shape index (κ1) is 32.4. The molecule has 0 saturated carbocycles. The fourth-order valence-corrected chi connectivity index (χ4v) is 4.04. The Labute approximate surface area is 250 Å². The molecule has 43 heavy (non-hydrogen) atoms. The highest BCUT2D eigenvalue weighted by Gasteiger charge is 2.39. The zero-order chi connectivity index (χ0) is 32.4. The molecule has 0 bridgehead atoms. The van der Waals surface area contributed by atoms with Crippen LogP contribution in [0.1, 0.15) is 35.3 Å². The van der Waals surface area contributed by atoms with Gasteiger partial charge in [0.15, 0.2) is 17.3 Å². The Bertz CT molecular complexity index is 1510. The summed E-state index contributed by atoms with van der Waals surface area (Å²) in [6, 6.07) is 7.45. The molecular weight excluding hydrogens is 560 g/mol. The lowest BCUT2D eigenvalue weighted by molar-refractivity contribution is 0.103. The van der Waals surface area contributed by atoms with Gasteiger partial charge in [-0.25, -0.2) is 19.2 Å². The lowest BCUT2D eigenvalue weighted by Crippen LogP contribution is -2.31. The first-order valence-corrected chi connectivity index (χ1v) is 13.1. The Morgan fingerprint density at radius 1 is 0.605 bits per heavy atom. The van der Waals surface area contributed by atoms with Crippen LogP contribution in [-0.4, -0.2) is 106 Å². The molecule has 0 unspecified atom stereocenters. The summed E-state index contributed by atoms with van der Waals surface area (Å²) in [5.74, 6) is -0.526. The van der Waals surface area contributed by atoms with Crippen molar-refractivity contribution in [1.82, 2.24) is 19.6 Å². The molecule has 0 fully saturated rings. The minimum Gasteiger partial charge on any atom is -0.410 e. The van der Waals surface area contributed by atoms with Gasteiger partial charge in [0, 0.05) is 67.9 Å². The van der Waals surface area contributed by atoms with Crippen molar-refractivity contribution < 1.29 is 42.9 Å². The van der Waals surface area contributed by atoms with Crippen molar-refractivity contribution >= 4 is 35.7 Å². The van der Waals surface area contributed by atoms with Gasteiger partial charge in [-0.1, -0.05) is 19.9 Å². The van der Waals surface area contributed by atoms with E-state index < -0.39 is 35.6 Å². The van der Waals surface area contributed by atoms with Crippen LogP contribution >= 0.6 is 0 Å². The highest BCUT2D eigenvalue weighted by atomic mass is 16.6. The van der Waals surface area contributed by atoms with E-state index in [0.29, 0.717) is 16.7 Å². The van der Waals surface area contributed by atoms with E-state index >= 15 is 0 Å². The molecule has 0 heterocycles. The van der Waals surface area contributed by atoms with Crippen LogP contribution in [0.3, 0.4) is 0 Å². The topological polar surface area (TPSA) is 135 Å². The Balaban J connectivity index is 2.20. The number of carbonyl (C=O) groups excluding carboxylic acids is 5. The summed E-state index contributed by atoms with van der Waals surface area (Å²) in [7, 11) is 12.0. The van der Waals surface area contributed by atoms with E-state index in [-0.39, 0.29) is 28.6 Å². The third kappa shape index (κ3) is 7.05. The summed E-state index contributed by atoms with van der Waals surface area (Å²) in [6.45, 7) is 3.68. The largest absolute Gasteiger partial charge is 0.414 e. The summed E-state index contributed by atoms with van der Waals surface area (Å²) in [5.41, 5.74) is 0.615. The number of carbonyl (C=O) groups is 5. The zero-order valence-corrected chi connectivity index (χ0v) is 25.9. The molecule has 2 aromatic rings. The highest BCUT2D eigenvalue weighted by Crippen LogP contribution is 2.48. The van der Waals surface area contributed by atoms with Gasteiger partial charge >= 0.3 is 24.4 Å². The number of fused-ring (bicyclic) bond motifs is 1. The number of hydrogen-bond acceptors (Lipinski definition) is 9. The highest BCUT2D eigenvalue weighted by molar-refractivity contribution is 6.15. The standard InChI is InChI=1S/C30H36N4O9/c1-30(2)19(17-11-12-22(41-27(37)32(5)6)23(13-17)42-28(38)33(7)8)16-21(35)25-20(30)14-18(40-26(36)31(3)4)15-24(25)43-29(39)34(9)10/h11-16H,1-10H3. The second-order valence-corrected chi connectivity index (χ2v) is 11.1. The van der Waals surface area contributed by atoms with Gasteiger partial charge in [0.25, 0.3) is 0 Å². The van der Waals surface area contributed by atoms with E-state index in [1.165, 1.54) is 100 Å². The molecule has 13 heteroatoms. The van der Waals surface area contributed by atoms with Crippen LogP contribution in [0.25, 0.3) is 5.57 Å². The molecule has 0 aliphatic heterocycles. The van der Waals surface area contributed by atoms with E-state index in [4.69, 9.17) is 18.9 Å². The van der Waals surface area contributed by atoms with E-state index in [1.807, 2.05) is 13.8 Å². The van der Waals surface area contributed by atoms with Crippen molar-refractivity contribution in [1.29, 1.82) is 0 Å². The molecular formula is C30H36N4O9. The summed E-state index contributed by atoms with van der Waals surface area (Å²) < 4.78 is 21.9. The Morgan fingerprint density at radius 2 is 1.07 bits per heavy atom. The molecule has 3 rings (SSSR count). The quantitative estimate of drug-likeness (QED) is 0.489. The third-order valence-corrected chi connectivity index (χ3v) is 6.46. The van der Waals surface area contributed by atoms with E-state index in [1.54, 1.807) is 12.1 Å². The number of hydrogen-bond donors (Lipinski definition) is 0. The molecule has 0 radical (unpaired) electrons. The molecule has 0 aromatic heterocycles. The SMILES string of the molecule is CN(C)C(=O)Oc1cc(OC(=O)N(C)C)c2c(c1)C(C)(C)C(c1ccc(OC(=O)N(C)C)c(OC(=O)N(C)C)c1)=CC2=O. The van der Waals surface area contributed by atoms with Gasteiger partial charge in [-0.05, 0) is 41.0 Å². The van der Waals surface area contributed by atoms with Gasteiger partial charge in [-0.2, -0.15) is 0 Å². The lowest BCUT2D eigenvalue weighted by Gasteiger charge is -2.35. The number of ketones is 1. The van der Waals surface area contributed by atoms with Crippen LogP contribution < -0.4 is 18.9 Å². The first-order valence-electron chi connectivity index (χ1n) is 13.1. The maximum atomic E-state index is 13.6. The number of allylic oxidation sites excluding steroid dienone is 2. The fourth-order valence-electron chi connectivity index (χ4n) is 4.04. The van der Waals surface area contributed by atoms with Gasteiger partial charge < -0.3 is 38.5 Å². The van der Waals surface area contributed by atoms with Crippen LogP contribution in [0.2, 0.25) is 0 Å². The summed E-state index contributed by atoms with van der Waals surface area (Å²) in [6.07, 6.45) is -1.39. The lowest BCUT2D eigenvalue weighted by atomic mass is 9.68. The molecule has 1 aliphatic rings. The van der Waals surface area contributed by atoms with E-state index in [2.05, 4.69) is 0 Å². The van der Waals surface area contributed by atoms with Crippen molar-refractivity contribution in [3.8, 4) is 23.0 Å². The van der Waals surface area contributed by atoms with Gasteiger partial charge in [0.05, 0.1) is 5.56 Å². The van der Waals surface area contributed by atoms with Crippen molar-refractivity contribution in [2.75, 3.05) is 56.4 Å². The van der Waals surface area contributed by atoms with Gasteiger partial charge in [-0.3, -0.25) is 4.79 Å². The zero-order valence-electron chi connectivity index (χ0n) is 25.9. The number of benzene rings is 2. The number of ether oxygens (including phenoxy) is 4. The molecule has 13 nitrogen and oxygen atoms in total. The second-order valence-electron chi connectivity index (χ2n) is 11.1. The maximum Gasteiger partial charge on any atom is 0.414 e. The summed E-state index contributed by atoms with van der Waals surface area (Å²) in [4.78, 5) is 68.1. The average Bonchev–Trinajstić information content (AvgIpc) is 2.91. The van der Waals surface area contributed by atoms with Crippen LogP contribution in [0, 0.1) is 0 Å². The molecule has 4 amide bonds. The molecule has 0 saturated heterocycles. The van der Waals surface area contributed by atoms with Crippen molar-refractivity contribution in [3.05, 3.63) is 53.1 Å². The third-order valence-electron chi connectivity index (χ3n) is 6.46. The van der Waals surface area contributed by atoms with Gasteiger partial charge in [0.2, 0.25) is 0 Å². The number of nitrogens with zero attached hydrogens (tertiary/aromatic N) is 4. The fraction of sp³-hybridized carbons (Fsp3) is 0.367. The summed E-state index contributed by atoms with van der Waals surface area (Å²) in [5, 5.41) is 0. The minimum absolute atomic E-state index is 0.00522. The molecule has 2 aromatic carbocycles. The predicted octanol–water partition coefficient (Wildman–Crippen LogP) is 4.49. The monoisotopic (exact) mass is 596 g/mol. The smallest absolute Gasteiger partial charge is 0.410 e. The van der Waals surface area contributed by atoms with E-state index in [9.17, 15) is 24.0 Å². The van der Waals surface area contributed by atoms with Crippen molar-refractivity contribution in [3.63, 3.8) is 0 Å². The predicted molar refractivity (Wildman–Crippen MR) is 157 cm³/mol. The first-order chi connectivity index (χ1) is 19.9. The van der Waals surface area contributed by atoms with Crippen molar-refractivity contribution in [2.24, 2.45) is 0 Å². The van der Waals surface area contributed by atoms with Crippen LogP contribution in [0.4, 0.5) is 19.2 Å². The Hall–Kier alpha value is -5.07. The average molecular weight is 597 g/mol. The molecule has 0 spiro atoms. The minimum atomic E-state index is -0.937. The maximum absolute atomic E-state index is 13.6. The van der Waals surface area contributed by atoms with Crippen molar-refractivity contribution in [2.45, 2.75) is 19.3 Å². The molecule has 0 atom stereocenters. The Morgan fingerprint density at radius 3 is 1.58 bits per heavy atom. The van der Waals surface area contributed by atoms with Crippen LogP contribution in [0.5, 0.6) is 23.0 Å². The van der Waals surface area contributed by atoms with E-state index in [0.717, 1.165) is 0 Å². The van der Waals surface area contributed by atoms with Crippen LogP contribution in [-0.2, 0) is 5.41 Å². The molecule has 230 valence electrons. The Kier molecular flexibility index (Phi) is 9.38. The van der Waals surface area contributed by atoms with Gasteiger partial charge in [0.1, 0.15) is 11.5 Å².